The van der Waals surface area contributed by atoms with Gasteiger partial charge in [-0.25, -0.2) is 0 Å². The van der Waals surface area contributed by atoms with Crippen molar-refractivity contribution < 1.29 is 0 Å². The van der Waals surface area contributed by atoms with Gasteiger partial charge in [-0.3, -0.25) is 0 Å². The third kappa shape index (κ3) is 4.51. The van der Waals surface area contributed by atoms with Crippen molar-refractivity contribution in [3.8, 4) is 0 Å². The molecule has 0 aliphatic heterocycles. The SMILES string of the molecule is C1=C/C=C\C=C\C/C=C\CC=C1. The van der Waals surface area contributed by atoms with E-state index in [2.05, 4.69) is 36.5 Å². The number of hydrogen-bond acceptors (Lipinski definition) is 0. The lowest BCUT2D eigenvalue weighted by atomic mass is 10.2. The molecule has 0 fully saturated rings. The Hall–Kier alpha value is -1.30. The Morgan fingerprint density at radius 3 is 1.33 bits per heavy atom. The van der Waals surface area contributed by atoms with Crippen LogP contribution in [-0.2, 0) is 0 Å². The van der Waals surface area contributed by atoms with Crippen molar-refractivity contribution in [3.63, 3.8) is 0 Å². The Kier molecular flexibility index (Phi) is 4.70. The first kappa shape index (κ1) is 8.79. The van der Waals surface area contributed by atoms with Crippen molar-refractivity contribution in [1.29, 1.82) is 0 Å². The summed E-state index contributed by atoms with van der Waals surface area (Å²) >= 11 is 0. The van der Waals surface area contributed by atoms with Crippen LogP contribution in [0.1, 0.15) is 12.8 Å². The Morgan fingerprint density at radius 2 is 0.833 bits per heavy atom. The smallest absolute Gasteiger partial charge is 0.0166 e. The first-order valence-electron chi connectivity index (χ1n) is 4.30. The monoisotopic (exact) mass is 158 g/mol. The highest BCUT2D eigenvalue weighted by atomic mass is 13.8. The highest BCUT2D eigenvalue weighted by molar-refractivity contribution is 5.16. The predicted molar refractivity (Wildman–Crippen MR) is 54.9 cm³/mol. The summed E-state index contributed by atoms with van der Waals surface area (Å²) in [5.74, 6) is 0. The number of hydrogen-bond donors (Lipinski definition) is 0. The lowest BCUT2D eigenvalue weighted by Gasteiger charge is -1.83. The molecular weight excluding hydrogens is 144 g/mol. The van der Waals surface area contributed by atoms with Gasteiger partial charge in [-0.15, -0.1) is 0 Å². The minimum atomic E-state index is 1.03. The molecule has 0 radical (unpaired) electrons. The summed E-state index contributed by atoms with van der Waals surface area (Å²) in [5, 5.41) is 0. The van der Waals surface area contributed by atoms with Gasteiger partial charge in [0.25, 0.3) is 0 Å². The molecule has 0 saturated carbocycles. The second kappa shape index (κ2) is 6.41. The molecule has 1 aliphatic rings. The highest BCUT2D eigenvalue weighted by Gasteiger charge is 1.72. The standard InChI is InChI=1S/C12H14/c1-2-4-6-8-10-12-11-9-7-5-3-1/h1-8,11-12H,9-10H2/b3-1-,4-2?,7-5+,8-6?,12-11-. The molecule has 0 aromatic carbocycles. The Bertz CT molecular complexity index is 211. The maximum atomic E-state index is 2.18. The predicted octanol–water partition coefficient (Wildman–Crippen LogP) is 3.56. The first-order valence-corrected chi connectivity index (χ1v) is 4.30. The average molecular weight is 158 g/mol. The maximum Gasteiger partial charge on any atom is -0.0166 e. The molecule has 0 bridgehead atoms. The molecule has 0 atom stereocenters. The van der Waals surface area contributed by atoms with Gasteiger partial charge in [0.1, 0.15) is 0 Å². The molecule has 0 unspecified atom stereocenters. The second-order valence-corrected chi connectivity index (χ2v) is 2.57. The molecule has 0 N–H and O–H groups in total. The van der Waals surface area contributed by atoms with Crippen LogP contribution in [0.2, 0.25) is 0 Å². The van der Waals surface area contributed by atoms with Gasteiger partial charge in [0, 0.05) is 0 Å². The van der Waals surface area contributed by atoms with Crippen LogP contribution in [0, 0.1) is 0 Å². The van der Waals surface area contributed by atoms with Crippen molar-refractivity contribution >= 4 is 0 Å². The van der Waals surface area contributed by atoms with E-state index in [1.54, 1.807) is 0 Å². The summed E-state index contributed by atoms with van der Waals surface area (Å²) in [6.07, 6.45) is 23.0. The van der Waals surface area contributed by atoms with E-state index in [9.17, 15) is 0 Å². The van der Waals surface area contributed by atoms with Crippen molar-refractivity contribution in [1.82, 2.24) is 0 Å². The lowest BCUT2D eigenvalue weighted by molar-refractivity contribution is 1.31. The summed E-state index contributed by atoms with van der Waals surface area (Å²) in [4.78, 5) is 0. The summed E-state index contributed by atoms with van der Waals surface area (Å²) in [6.45, 7) is 0. The van der Waals surface area contributed by atoms with Gasteiger partial charge in [-0.2, -0.15) is 0 Å². The average Bonchev–Trinajstić information content (AvgIpc) is 2.05. The van der Waals surface area contributed by atoms with E-state index in [0.717, 1.165) is 12.8 Å². The van der Waals surface area contributed by atoms with Gasteiger partial charge >= 0.3 is 0 Å². The molecule has 0 aromatic heterocycles. The van der Waals surface area contributed by atoms with Crippen LogP contribution in [0.15, 0.2) is 60.8 Å². The van der Waals surface area contributed by atoms with Crippen LogP contribution >= 0.6 is 0 Å². The molecule has 0 heteroatoms. The quantitative estimate of drug-likeness (QED) is 0.473. The van der Waals surface area contributed by atoms with Crippen LogP contribution in [0.4, 0.5) is 0 Å². The van der Waals surface area contributed by atoms with E-state index < -0.39 is 0 Å². The Morgan fingerprint density at radius 1 is 0.417 bits per heavy atom. The van der Waals surface area contributed by atoms with Crippen LogP contribution < -0.4 is 0 Å². The highest BCUT2D eigenvalue weighted by Crippen LogP contribution is 1.93. The molecule has 62 valence electrons. The van der Waals surface area contributed by atoms with Gasteiger partial charge in [-0.1, -0.05) is 60.8 Å². The molecule has 0 nitrogen and oxygen atoms in total. The third-order valence-electron chi connectivity index (χ3n) is 1.54. The molecule has 0 heterocycles. The van der Waals surface area contributed by atoms with Crippen molar-refractivity contribution in [3.05, 3.63) is 60.8 Å². The zero-order valence-corrected chi connectivity index (χ0v) is 7.19. The van der Waals surface area contributed by atoms with Crippen LogP contribution in [-0.4, -0.2) is 0 Å². The van der Waals surface area contributed by atoms with Crippen LogP contribution in [0.3, 0.4) is 0 Å². The molecule has 12 heavy (non-hydrogen) atoms. The zero-order chi connectivity index (χ0) is 8.49. The van der Waals surface area contributed by atoms with Crippen LogP contribution in [0.25, 0.3) is 0 Å². The number of rotatable bonds is 0. The van der Waals surface area contributed by atoms with Gasteiger partial charge in [0.15, 0.2) is 0 Å². The molecule has 0 aromatic rings. The zero-order valence-electron chi connectivity index (χ0n) is 7.19. The fraction of sp³-hybridized carbons (Fsp3) is 0.167. The van der Waals surface area contributed by atoms with E-state index in [-0.39, 0.29) is 0 Å². The lowest BCUT2D eigenvalue weighted by Crippen LogP contribution is -1.62. The van der Waals surface area contributed by atoms with Crippen LogP contribution in [0.5, 0.6) is 0 Å². The van der Waals surface area contributed by atoms with Gasteiger partial charge in [-0.05, 0) is 12.8 Å². The summed E-state index contributed by atoms with van der Waals surface area (Å²) < 4.78 is 0. The first-order chi connectivity index (χ1) is 6.00. The number of allylic oxidation sites excluding steroid dienone is 10. The van der Waals surface area contributed by atoms with E-state index in [1.165, 1.54) is 0 Å². The molecule has 1 aliphatic carbocycles. The Balaban J connectivity index is 2.55. The van der Waals surface area contributed by atoms with E-state index in [1.807, 2.05) is 24.3 Å². The summed E-state index contributed by atoms with van der Waals surface area (Å²) in [6, 6.07) is 0. The summed E-state index contributed by atoms with van der Waals surface area (Å²) in [7, 11) is 0. The van der Waals surface area contributed by atoms with E-state index in [0.29, 0.717) is 0 Å². The third-order valence-corrected chi connectivity index (χ3v) is 1.54. The van der Waals surface area contributed by atoms with Crippen molar-refractivity contribution in [2.75, 3.05) is 0 Å². The minimum absolute atomic E-state index is 1.03. The van der Waals surface area contributed by atoms with E-state index >= 15 is 0 Å². The molecule has 0 amide bonds. The second-order valence-electron chi connectivity index (χ2n) is 2.57. The molecule has 0 saturated heterocycles. The maximum absolute atomic E-state index is 2.18. The van der Waals surface area contributed by atoms with E-state index in [4.69, 9.17) is 0 Å². The van der Waals surface area contributed by atoms with Gasteiger partial charge in [0.2, 0.25) is 0 Å². The van der Waals surface area contributed by atoms with Crippen molar-refractivity contribution in [2.45, 2.75) is 12.8 Å². The normalized spacial score (nSPS) is 25.3. The fourth-order valence-electron chi connectivity index (χ4n) is 0.920. The van der Waals surface area contributed by atoms with Gasteiger partial charge in [0.05, 0.1) is 0 Å². The topological polar surface area (TPSA) is 0 Å². The van der Waals surface area contributed by atoms with Crippen molar-refractivity contribution in [2.24, 2.45) is 0 Å². The van der Waals surface area contributed by atoms with Gasteiger partial charge < -0.3 is 0 Å². The molecule has 1 rings (SSSR count). The molecular formula is C12H14. The Labute approximate surface area is 74.3 Å². The fourth-order valence-corrected chi connectivity index (χ4v) is 0.920. The summed E-state index contributed by atoms with van der Waals surface area (Å²) in [5.41, 5.74) is 0. The molecule has 0 spiro atoms. The largest absolute Gasteiger partial charge is 0.0844 e. The minimum Gasteiger partial charge on any atom is -0.0844 e.